The first-order valence-corrected chi connectivity index (χ1v) is 7.61. The number of halogens is 2. The molecule has 0 aliphatic carbocycles. The summed E-state index contributed by atoms with van der Waals surface area (Å²) in [5.74, 6) is -0.251. The molecule has 1 unspecified atom stereocenters. The Hall–Kier alpha value is -0.450. The highest BCUT2D eigenvalue weighted by Gasteiger charge is 2.33. The van der Waals surface area contributed by atoms with Crippen LogP contribution in [0.15, 0.2) is 22.7 Å². The Morgan fingerprint density at radius 1 is 1.32 bits per heavy atom. The van der Waals surface area contributed by atoms with Crippen molar-refractivity contribution in [3.63, 3.8) is 0 Å². The number of nitrogens with two attached hydrogens (primary N) is 1. The van der Waals surface area contributed by atoms with Gasteiger partial charge in [0.2, 0.25) is 0 Å². The van der Waals surface area contributed by atoms with Gasteiger partial charge < -0.3 is 10.5 Å². The fourth-order valence-electron chi connectivity index (χ4n) is 2.48. The fourth-order valence-corrected chi connectivity index (χ4v) is 2.91. The van der Waals surface area contributed by atoms with Gasteiger partial charge in [0.15, 0.2) is 0 Å². The van der Waals surface area contributed by atoms with E-state index < -0.39 is 0 Å². The van der Waals surface area contributed by atoms with E-state index in [1.807, 2.05) is 6.92 Å². The standard InChI is InChI=1S/C15H23BrFNO/c1-4-15(5-2,19-6-3)14(18)10-11-7-8-13(17)12(16)9-11/h7-9,14H,4-6,10,18H2,1-3H3. The highest BCUT2D eigenvalue weighted by atomic mass is 79.9. The summed E-state index contributed by atoms with van der Waals surface area (Å²) in [4.78, 5) is 0. The molecule has 0 saturated carbocycles. The molecule has 1 atom stereocenters. The van der Waals surface area contributed by atoms with Crippen LogP contribution < -0.4 is 5.73 Å². The van der Waals surface area contributed by atoms with Crippen molar-refractivity contribution < 1.29 is 9.13 Å². The number of hydrogen-bond donors (Lipinski definition) is 1. The number of rotatable bonds is 7. The van der Waals surface area contributed by atoms with Crippen LogP contribution in [0.2, 0.25) is 0 Å². The normalized spacial score (nSPS) is 13.6. The molecule has 0 fully saturated rings. The van der Waals surface area contributed by atoms with Crippen molar-refractivity contribution in [2.75, 3.05) is 6.61 Å². The summed E-state index contributed by atoms with van der Waals surface area (Å²) < 4.78 is 19.6. The molecule has 108 valence electrons. The Labute approximate surface area is 123 Å². The summed E-state index contributed by atoms with van der Waals surface area (Å²) in [6.07, 6.45) is 2.43. The quantitative estimate of drug-likeness (QED) is 0.817. The maximum atomic E-state index is 13.2. The molecule has 0 heterocycles. The molecule has 4 heteroatoms. The van der Waals surface area contributed by atoms with Gasteiger partial charge in [-0.05, 0) is 59.8 Å². The van der Waals surface area contributed by atoms with Crippen LogP contribution in [0.1, 0.15) is 39.2 Å². The van der Waals surface area contributed by atoms with E-state index >= 15 is 0 Å². The van der Waals surface area contributed by atoms with Gasteiger partial charge in [0.25, 0.3) is 0 Å². The zero-order chi connectivity index (χ0) is 14.5. The number of hydrogen-bond acceptors (Lipinski definition) is 2. The van der Waals surface area contributed by atoms with Gasteiger partial charge in [-0.1, -0.05) is 19.9 Å². The van der Waals surface area contributed by atoms with Crippen LogP contribution in [0.5, 0.6) is 0 Å². The van der Waals surface area contributed by atoms with E-state index in [1.165, 1.54) is 6.07 Å². The maximum absolute atomic E-state index is 13.2. The smallest absolute Gasteiger partial charge is 0.137 e. The van der Waals surface area contributed by atoms with Crippen LogP contribution >= 0.6 is 15.9 Å². The molecular weight excluding hydrogens is 309 g/mol. The first-order valence-electron chi connectivity index (χ1n) is 6.82. The lowest BCUT2D eigenvalue weighted by Crippen LogP contribution is -2.50. The lowest BCUT2D eigenvalue weighted by molar-refractivity contribution is -0.0633. The third kappa shape index (κ3) is 4.01. The van der Waals surface area contributed by atoms with Crippen molar-refractivity contribution in [3.8, 4) is 0 Å². The molecule has 0 spiro atoms. The Balaban J connectivity index is 2.86. The third-order valence-electron chi connectivity index (χ3n) is 3.74. The van der Waals surface area contributed by atoms with E-state index in [9.17, 15) is 4.39 Å². The van der Waals surface area contributed by atoms with Gasteiger partial charge in [-0.2, -0.15) is 0 Å². The molecule has 1 rings (SSSR count). The molecule has 0 bridgehead atoms. The second-order valence-electron chi connectivity index (χ2n) is 4.76. The molecule has 0 radical (unpaired) electrons. The van der Waals surface area contributed by atoms with Crippen LogP contribution in [-0.2, 0) is 11.2 Å². The molecule has 19 heavy (non-hydrogen) atoms. The number of benzene rings is 1. The lowest BCUT2D eigenvalue weighted by atomic mass is 9.85. The molecule has 0 aliphatic rings. The highest BCUT2D eigenvalue weighted by Crippen LogP contribution is 2.27. The van der Waals surface area contributed by atoms with Crippen molar-refractivity contribution in [2.45, 2.75) is 51.7 Å². The van der Waals surface area contributed by atoms with Gasteiger partial charge in [0, 0.05) is 12.6 Å². The maximum Gasteiger partial charge on any atom is 0.137 e. The van der Waals surface area contributed by atoms with Gasteiger partial charge >= 0.3 is 0 Å². The van der Waals surface area contributed by atoms with E-state index in [0.29, 0.717) is 17.5 Å². The molecule has 0 saturated heterocycles. The largest absolute Gasteiger partial charge is 0.374 e. The fraction of sp³-hybridized carbons (Fsp3) is 0.600. The Bertz CT molecular complexity index is 407. The molecule has 2 nitrogen and oxygen atoms in total. The minimum absolute atomic E-state index is 0.0974. The molecule has 1 aromatic carbocycles. The average molecular weight is 332 g/mol. The SMILES string of the molecule is CCOC(CC)(CC)C(N)Cc1ccc(F)c(Br)c1. The van der Waals surface area contributed by atoms with Gasteiger partial charge in [-0.3, -0.25) is 0 Å². The summed E-state index contributed by atoms with van der Waals surface area (Å²) in [5, 5.41) is 0. The second-order valence-corrected chi connectivity index (χ2v) is 5.62. The molecule has 0 aromatic heterocycles. The van der Waals surface area contributed by atoms with Crippen LogP contribution in [-0.4, -0.2) is 18.2 Å². The molecule has 0 aliphatic heterocycles. The molecule has 1 aromatic rings. The minimum Gasteiger partial charge on any atom is -0.374 e. The molecule has 0 amide bonds. The monoisotopic (exact) mass is 331 g/mol. The van der Waals surface area contributed by atoms with Crippen molar-refractivity contribution in [3.05, 3.63) is 34.1 Å². The third-order valence-corrected chi connectivity index (χ3v) is 4.35. The zero-order valence-electron chi connectivity index (χ0n) is 11.9. The van der Waals surface area contributed by atoms with Crippen LogP contribution in [0, 0.1) is 5.82 Å². The van der Waals surface area contributed by atoms with Crippen molar-refractivity contribution in [1.29, 1.82) is 0 Å². The summed E-state index contributed by atoms with van der Waals surface area (Å²) in [5.41, 5.74) is 7.07. The van der Waals surface area contributed by atoms with Gasteiger partial charge in [-0.15, -0.1) is 0 Å². The summed E-state index contributed by atoms with van der Waals surface area (Å²) >= 11 is 3.20. The van der Waals surface area contributed by atoms with Gasteiger partial charge in [0.05, 0.1) is 10.1 Å². The molecular formula is C15H23BrFNO. The second kappa shape index (κ2) is 7.36. The summed E-state index contributed by atoms with van der Waals surface area (Å²) in [6.45, 7) is 6.84. The first-order chi connectivity index (χ1) is 8.99. The van der Waals surface area contributed by atoms with Crippen molar-refractivity contribution in [1.82, 2.24) is 0 Å². The van der Waals surface area contributed by atoms with Crippen molar-refractivity contribution >= 4 is 15.9 Å². The topological polar surface area (TPSA) is 35.2 Å². The van der Waals surface area contributed by atoms with E-state index in [0.717, 1.165) is 18.4 Å². The predicted molar refractivity (Wildman–Crippen MR) is 80.7 cm³/mol. The van der Waals surface area contributed by atoms with Gasteiger partial charge in [0.1, 0.15) is 5.82 Å². The Morgan fingerprint density at radius 2 is 1.95 bits per heavy atom. The van der Waals surface area contributed by atoms with E-state index in [-0.39, 0.29) is 17.5 Å². The summed E-state index contributed by atoms with van der Waals surface area (Å²) in [7, 11) is 0. The van der Waals surface area contributed by atoms with Gasteiger partial charge in [-0.25, -0.2) is 4.39 Å². The van der Waals surface area contributed by atoms with Crippen LogP contribution in [0.4, 0.5) is 4.39 Å². The average Bonchev–Trinajstić information content (AvgIpc) is 2.40. The number of ether oxygens (including phenoxy) is 1. The van der Waals surface area contributed by atoms with E-state index in [1.54, 1.807) is 12.1 Å². The first kappa shape index (κ1) is 16.6. The molecule has 2 N–H and O–H groups in total. The Kier molecular flexibility index (Phi) is 6.43. The highest BCUT2D eigenvalue weighted by molar-refractivity contribution is 9.10. The zero-order valence-corrected chi connectivity index (χ0v) is 13.5. The van der Waals surface area contributed by atoms with Crippen LogP contribution in [0.25, 0.3) is 0 Å². The lowest BCUT2D eigenvalue weighted by Gasteiger charge is -2.37. The minimum atomic E-state index is -0.296. The Morgan fingerprint density at radius 3 is 2.42 bits per heavy atom. The van der Waals surface area contributed by atoms with E-state index in [2.05, 4.69) is 29.8 Å². The van der Waals surface area contributed by atoms with Crippen LogP contribution in [0.3, 0.4) is 0 Å². The van der Waals surface area contributed by atoms with Crippen molar-refractivity contribution in [2.24, 2.45) is 5.73 Å². The predicted octanol–water partition coefficient (Wildman–Crippen LogP) is 4.05. The van der Waals surface area contributed by atoms with E-state index in [4.69, 9.17) is 10.5 Å². The summed E-state index contributed by atoms with van der Waals surface area (Å²) in [6, 6.07) is 4.94.